The number of aromatic amines is 1. The molecule has 2 aromatic heterocycles. The van der Waals surface area contributed by atoms with Gasteiger partial charge in [-0.25, -0.2) is 12.4 Å². The fourth-order valence-electron chi connectivity index (χ4n) is 5.82. The Morgan fingerprint density at radius 3 is 2.27 bits per heavy atom. The molecule has 1 saturated carbocycles. The molecule has 0 spiro atoms. The van der Waals surface area contributed by atoms with Gasteiger partial charge in [0.25, 0.3) is 5.56 Å². The van der Waals surface area contributed by atoms with Crippen molar-refractivity contribution < 1.29 is 22.5 Å². The number of hydrogen-bond donors (Lipinski definition) is 1. The summed E-state index contributed by atoms with van der Waals surface area (Å²) in [6.07, 6.45) is 5.11. The van der Waals surface area contributed by atoms with Crippen LogP contribution < -0.4 is 11.0 Å². The number of H-pyrrole nitrogens is 1. The van der Waals surface area contributed by atoms with Gasteiger partial charge in [0, 0.05) is 34.8 Å². The van der Waals surface area contributed by atoms with Gasteiger partial charge in [0.15, 0.2) is 5.78 Å². The zero-order valence-electron chi connectivity index (χ0n) is 25.0. The SMILES string of the molecule is C=CCC1(S(=O)(=O)n2cc(C)c3c(C(=O)CCc4c(C)cc(C)[nH]c4=O)cc(B4OC(C)(C)C(C)(C)O4)cc32)CC1. The molecule has 3 aromatic rings. The van der Waals surface area contributed by atoms with Crippen molar-refractivity contribution in [2.75, 3.05) is 0 Å². The number of aryl methyl sites for hydroxylation is 3. The summed E-state index contributed by atoms with van der Waals surface area (Å²) in [7, 11) is -4.57. The number of carbonyl (C=O) groups is 1. The first kappa shape index (κ1) is 29.5. The van der Waals surface area contributed by atoms with Gasteiger partial charge in [0.2, 0.25) is 10.0 Å². The Labute approximate surface area is 242 Å². The third-order valence-corrected chi connectivity index (χ3v) is 11.6. The topological polar surface area (TPSA) is 107 Å². The van der Waals surface area contributed by atoms with Gasteiger partial charge in [-0.05, 0) is 103 Å². The van der Waals surface area contributed by atoms with E-state index in [9.17, 15) is 18.0 Å². The number of allylic oxidation sites excluding steroid dienone is 1. The largest absolute Gasteiger partial charge is 0.494 e. The van der Waals surface area contributed by atoms with E-state index in [-0.39, 0.29) is 24.2 Å². The molecule has 1 aliphatic carbocycles. The molecule has 1 N–H and O–H groups in total. The molecule has 0 amide bonds. The third-order valence-electron chi connectivity index (χ3n) is 9.13. The molecule has 0 bridgehead atoms. The lowest BCUT2D eigenvalue weighted by Gasteiger charge is -2.32. The summed E-state index contributed by atoms with van der Waals surface area (Å²) in [5.74, 6) is -0.182. The Morgan fingerprint density at radius 1 is 1.07 bits per heavy atom. The van der Waals surface area contributed by atoms with Crippen molar-refractivity contribution in [2.24, 2.45) is 0 Å². The van der Waals surface area contributed by atoms with Crippen LogP contribution in [0.15, 0.2) is 41.8 Å². The van der Waals surface area contributed by atoms with Crippen LogP contribution in [0.1, 0.15) is 86.1 Å². The second kappa shape index (κ2) is 9.82. The van der Waals surface area contributed by atoms with Crippen molar-refractivity contribution in [3.63, 3.8) is 0 Å². The number of benzene rings is 1. The normalized spacial score (nSPS) is 19.0. The maximum atomic E-state index is 14.0. The second-order valence-electron chi connectivity index (χ2n) is 12.7. The van der Waals surface area contributed by atoms with E-state index in [2.05, 4.69) is 11.6 Å². The van der Waals surface area contributed by atoms with E-state index >= 15 is 0 Å². The average molecular weight is 579 g/mol. The standard InChI is InChI=1S/C31H39BN2O6S/c1-9-12-31(13-14-31)41(37,38)34-18-20(3)27-24(26(35)11-10-23-19(2)15-21(4)33-28(23)36)16-22(17-25(27)34)32-39-29(5,6)30(7,8)40-32/h9,15-18H,1,10-14H2,2-8H3,(H,33,36). The molecule has 1 saturated heterocycles. The molecule has 1 aromatic carbocycles. The van der Waals surface area contributed by atoms with Gasteiger partial charge >= 0.3 is 7.12 Å². The van der Waals surface area contributed by atoms with Crippen LogP contribution in [0.4, 0.5) is 0 Å². The van der Waals surface area contributed by atoms with E-state index in [1.165, 1.54) is 3.97 Å². The molecular formula is C31H39BN2O6S. The minimum atomic E-state index is -3.79. The number of ketones is 1. The number of pyridine rings is 1. The minimum Gasteiger partial charge on any atom is -0.399 e. The highest BCUT2D eigenvalue weighted by Gasteiger charge is 2.55. The van der Waals surface area contributed by atoms with Crippen molar-refractivity contribution in [2.45, 2.75) is 96.5 Å². The highest BCUT2D eigenvalue weighted by atomic mass is 32.2. The number of rotatable bonds is 9. The highest BCUT2D eigenvalue weighted by Crippen LogP contribution is 2.48. The number of hydrogen-bond acceptors (Lipinski definition) is 6. The summed E-state index contributed by atoms with van der Waals surface area (Å²) < 4.78 is 41.1. The zero-order chi connectivity index (χ0) is 30.1. The number of Topliss-reactive ketones (excluding diaryl/α,β-unsaturated/α-hetero) is 1. The Bertz CT molecular complexity index is 1730. The van der Waals surface area contributed by atoms with Crippen LogP contribution >= 0.6 is 0 Å². The van der Waals surface area contributed by atoms with Gasteiger partial charge in [-0.1, -0.05) is 12.1 Å². The molecule has 0 radical (unpaired) electrons. The molecule has 10 heteroatoms. The zero-order valence-corrected chi connectivity index (χ0v) is 25.8. The van der Waals surface area contributed by atoms with Crippen LogP contribution in [-0.2, 0) is 25.8 Å². The van der Waals surface area contributed by atoms with Gasteiger partial charge in [-0.15, -0.1) is 6.58 Å². The molecule has 0 atom stereocenters. The number of nitrogens with one attached hydrogen (secondary N) is 1. The molecule has 0 unspecified atom stereocenters. The van der Waals surface area contributed by atoms with Crippen molar-refractivity contribution in [1.82, 2.24) is 8.96 Å². The van der Waals surface area contributed by atoms with Crippen molar-refractivity contribution in [3.8, 4) is 0 Å². The Balaban J connectivity index is 1.64. The second-order valence-corrected chi connectivity index (χ2v) is 14.9. The minimum absolute atomic E-state index is 0.0900. The van der Waals surface area contributed by atoms with E-state index in [0.717, 1.165) is 11.3 Å². The molecule has 1 aliphatic heterocycles. The van der Waals surface area contributed by atoms with Gasteiger partial charge in [-0.2, -0.15) is 0 Å². The van der Waals surface area contributed by atoms with Crippen LogP contribution in [0.25, 0.3) is 10.9 Å². The lowest BCUT2D eigenvalue weighted by atomic mass is 9.77. The van der Waals surface area contributed by atoms with Crippen molar-refractivity contribution >= 4 is 39.3 Å². The fraction of sp³-hybridized carbons (Fsp3) is 0.484. The summed E-state index contributed by atoms with van der Waals surface area (Å²) in [4.78, 5) is 29.3. The van der Waals surface area contributed by atoms with E-state index in [1.54, 1.807) is 24.4 Å². The Morgan fingerprint density at radius 2 is 1.71 bits per heavy atom. The van der Waals surface area contributed by atoms with Gasteiger partial charge in [0.1, 0.15) is 0 Å². The Hall–Kier alpha value is -2.95. The predicted molar refractivity (Wildman–Crippen MR) is 163 cm³/mol. The molecular weight excluding hydrogens is 539 g/mol. The summed E-state index contributed by atoms with van der Waals surface area (Å²) in [5.41, 5.74) is 2.82. The molecule has 3 heterocycles. The van der Waals surface area contributed by atoms with Crippen molar-refractivity contribution in [3.05, 3.63) is 75.4 Å². The summed E-state index contributed by atoms with van der Waals surface area (Å²) in [6, 6.07) is 5.43. The lowest BCUT2D eigenvalue weighted by Crippen LogP contribution is -2.41. The maximum Gasteiger partial charge on any atom is 0.494 e. The highest BCUT2D eigenvalue weighted by molar-refractivity contribution is 7.91. The van der Waals surface area contributed by atoms with E-state index < -0.39 is 33.1 Å². The Kier molecular flexibility index (Phi) is 7.07. The van der Waals surface area contributed by atoms with Crippen molar-refractivity contribution in [1.29, 1.82) is 0 Å². The summed E-state index contributed by atoms with van der Waals surface area (Å²) in [6.45, 7) is 17.1. The van der Waals surface area contributed by atoms with Gasteiger partial charge in [-0.3, -0.25) is 9.59 Å². The lowest BCUT2D eigenvalue weighted by molar-refractivity contribution is 0.00578. The maximum absolute atomic E-state index is 14.0. The fourth-order valence-corrected chi connectivity index (χ4v) is 7.89. The number of fused-ring (bicyclic) bond motifs is 1. The summed E-state index contributed by atoms with van der Waals surface area (Å²) >= 11 is 0. The first-order valence-electron chi connectivity index (χ1n) is 14.1. The van der Waals surface area contributed by atoms with Crippen LogP contribution in [0.2, 0.25) is 0 Å². The van der Waals surface area contributed by atoms with E-state index in [1.807, 2.05) is 54.5 Å². The number of carbonyl (C=O) groups excluding carboxylic acids is 1. The molecule has 2 fully saturated rings. The molecule has 218 valence electrons. The van der Waals surface area contributed by atoms with Gasteiger partial charge < -0.3 is 14.3 Å². The number of nitrogens with zero attached hydrogens (tertiary/aromatic N) is 1. The molecule has 41 heavy (non-hydrogen) atoms. The molecule has 2 aliphatic rings. The van der Waals surface area contributed by atoms with Crippen LogP contribution in [0.5, 0.6) is 0 Å². The van der Waals surface area contributed by atoms with Crippen LogP contribution in [-0.4, -0.2) is 46.2 Å². The third kappa shape index (κ3) is 4.83. The molecule has 5 rings (SSSR count). The van der Waals surface area contributed by atoms with E-state index in [0.29, 0.717) is 52.3 Å². The quantitative estimate of drug-likeness (QED) is 0.225. The smallest absolute Gasteiger partial charge is 0.399 e. The average Bonchev–Trinajstić information content (AvgIpc) is 3.53. The number of aromatic nitrogens is 2. The monoisotopic (exact) mass is 578 g/mol. The molecule has 8 nitrogen and oxygen atoms in total. The first-order valence-corrected chi connectivity index (χ1v) is 15.6. The van der Waals surface area contributed by atoms with E-state index in [4.69, 9.17) is 9.31 Å². The van der Waals surface area contributed by atoms with Crippen LogP contribution in [0.3, 0.4) is 0 Å². The first-order chi connectivity index (χ1) is 19.0. The van der Waals surface area contributed by atoms with Gasteiger partial charge in [0.05, 0.1) is 21.5 Å². The van der Waals surface area contributed by atoms with Crippen LogP contribution in [0, 0.1) is 20.8 Å². The summed E-state index contributed by atoms with van der Waals surface area (Å²) in [5, 5.41) is 0.586. The predicted octanol–water partition coefficient (Wildman–Crippen LogP) is 4.66.